The molecule has 1 saturated carbocycles. The van der Waals surface area contributed by atoms with Gasteiger partial charge in [0.2, 0.25) is 0 Å². The van der Waals surface area contributed by atoms with Crippen LogP contribution < -0.4 is 4.90 Å². The van der Waals surface area contributed by atoms with Crippen molar-refractivity contribution in [2.24, 2.45) is 11.8 Å². The Morgan fingerprint density at radius 1 is 1.53 bits per heavy atom. The summed E-state index contributed by atoms with van der Waals surface area (Å²) in [6, 6.07) is 3.07. The number of hydrogen-bond donors (Lipinski definition) is 1. The molecule has 0 bridgehead atoms. The van der Waals surface area contributed by atoms with E-state index in [-0.39, 0.29) is 5.92 Å². The van der Waals surface area contributed by atoms with Crippen LogP contribution in [0.4, 0.5) is 5.82 Å². The van der Waals surface area contributed by atoms with Gasteiger partial charge in [0.05, 0.1) is 11.8 Å². The van der Waals surface area contributed by atoms with E-state index in [9.17, 15) is 9.90 Å². The highest BCUT2D eigenvalue weighted by atomic mass is 16.4. The maximum absolute atomic E-state index is 11.6. The average Bonchev–Trinajstić information content (AvgIpc) is 2.97. The first-order valence-electron chi connectivity index (χ1n) is 6.43. The van der Waals surface area contributed by atoms with Gasteiger partial charge in [-0.2, -0.15) is 10.4 Å². The fourth-order valence-corrected chi connectivity index (χ4v) is 3.46. The van der Waals surface area contributed by atoms with Crippen molar-refractivity contribution in [3.05, 3.63) is 17.8 Å². The molecule has 6 heteroatoms. The Morgan fingerprint density at radius 3 is 3.11 bits per heavy atom. The molecule has 2 fully saturated rings. The second-order valence-electron chi connectivity index (χ2n) is 5.17. The predicted octanol–water partition coefficient (Wildman–Crippen LogP) is 1.04. The van der Waals surface area contributed by atoms with E-state index in [1.807, 2.05) is 0 Å². The zero-order chi connectivity index (χ0) is 13.4. The highest BCUT2D eigenvalue weighted by Crippen LogP contribution is 2.43. The third-order valence-corrected chi connectivity index (χ3v) is 4.24. The average molecular weight is 258 g/mol. The van der Waals surface area contributed by atoms with E-state index in [0.717, 1.165) is 19.3 Å². The van der Waals surface area contributed by atoms with E-state index in [1.54, 1.807) is 11.0 Å². The van der Waals surface area contributed by atoms with E-state index < -0.39 is 12.0 Å². The van der Waals surface area contributed by atoms with E-state index in [0.29, 0.717) is 23.8 Å². The minimum absolute atomic E-state index is 0.172. The molecule has 1 saturated heterocycles. The SMILES string of the molecule is N#Cc1ccnnc1N1CC2CCCC2C1C(=O)O. The summed E-state index contributed by atoms with van der Waals surface area (Å²) >= 11 is 0. The predicted molar refractivity (Wildman–Crippen MR) is 66.3 cm³/mol. The standard InChI is InChI=1S/C13H14N4O2/c14-6-8-4-5-15-16-12(8)17-7-9-2-1-3-10(9)11(17)13(18)19/h4-5,9-11H,1-3,7H2,(H,18,19). The second-order valence-corrected chi connectivity index (χ2v) is 5.17. The van der Waals surface area contributed by atoms with Crippen molar-refractivity contribution in [3.63, 3.8) is 0 Å². The van der Waals surface area contributed by atoms with Crippen molar-refractivity contribution >= 4 is 11.8 Å². The lowest BCUT2D eigenvalue weighted by atomic mass is 9.94. The van der Waals surface area contributed by atoms with Gasteiger partial charge in [-0.1, -0.05) is 6.42 Å². The van der Waals surface area contributed by atoms with E-state index in [1.165, 1.54) is 6.20 Å². The summed E-state index contributed by atoms with van der Waals surface area (Å²) in [4.78, 5) is 13.3. The molecule has 3 unspecified atom stereocenters. The quantitative estimate of drug-likeness (QED) is 0.852. The van der Waals surface area contributed by atoms with Gasteiger partial charge in [-0.3, -0.25) is 0 Å². The van der Waals surface area contributed by atoms with Crippen LogP contribution in [0.3, 0.4) is 0 Å². The number of aliphatic carboxylic acids is 1. The number of carboxylic acids is 1. The van der Waals surface area contributed by atoms with Crippen LogP contribution in [0.1, 0.15) is 24.8 Å². The number of nitrogens with zero attached hydrogens (tertiary/aromatic N) is 4. The second kappa shape index (κ2) is 4.50. The van der Waals surface area contributed by atoms with Gasteiger partial charge in [-0.25, -0.2) is 4.79 Å². The molecule has 1 aromatic rings. The first kappa shape index (κ1) is 11.9. The van der Waals surface area contributed by atoms with Crippen LogP contribution >= 0.6 is 0 Å². The number of carbonyl (C=O) groups is 1. The summed E-state index contributed by atoms with van der Waals surface area (Å²) in [7, 11) is 0. The number of rotatable bonds is 2. The number of hydrogen-bond acceptors (Lipinski definition) is 5. The molecule has 2 heterocycles. The fraction of sp³-hybridized carbons (Fsp3) is 0.538. The lowest BCUT2D eigenvalue weighted by molar-refractivity contribution is -0.139. The molecule has 19 heavy (non-hydrogen) atoms. The van der Waals surface area contributed by atoms with Gasteiger partial charge >= 0.3 is 5.97 Å². The molecule has 3 atom stereocenters. The first-order chi connectivity index (χ1) is 9.22. The minimum Gasteiger partial charge on any atom is -0.480 e. The van der Waals surface area contributed by atoms with E-state index in [4.69, 9.17) is 5.26 Å². The molecule has 0 spiro atoms. The maximum atomic E-state index is 11.6. The summed E-state index contributed by atoms with van der Waals surface area (Å²) in [6.45, 7) is 0.662. The topological polar surface area (TPSA) is 90.1 Å². The van der Waals surface area contributed by atoms with Crippen LogP contribution in [0, 0.1) is 23.2 Å². The summed E-state index contributed by atoms with van der Waals surface area (Å²) in [5, 5.41) is 26.4. The third-order valence-electron chi connectivity index (χ3n) is 4.24. The van der Waals surface area contributed by atoms with Crippen molar-refractivity contribution < 1.29 is 9.90 Å². The van der Waals surface area contributed by atoms with Crippen LogP contribution in [0.5, 0.6) is 0 Å². The number of carboxylic acid groups (broad SMARTS) is 1. The Bertz CT molecular complexity index is 554. The van der Waals surface area contributed by atoms with Gasteiger partial charge in [-0.15, -0.1) is 5.10 Å². The zero-order valence-corrected chi connectivity index (χ0v) is 10.4. The number of aromatic nitrogens is 2. The Kier molecular flexibility index (Phi) is 2.82. The molecule has 1 N–H and O–H groups in total. The van der Waals surface area contributed by atoms with Crippen LogP contribution in [0.25, 0.3) is 0 Å². The third kappa shape index (κ3) is 1.82. The smallest absolute Gasteiger partial charge is 0.326 e. The molecule has 1 aliphatic heterocycles. The summed E-state index contributed by atoms with van der Waals surface area (Å²) in [5.41, 5.74) is 0.390. The molecular weight excluding hydrogens is 244 g/mol. The monoisotopic (exact) mass is 258 g/mol. The minimum atomic E-state index is -0.830. The van der Waals surface area contributed by atoms with Crippen LogP contribution in [-0.2, 0) is 4.79 Å². The van der Waals surface area contributed by atoms with Crippen LogP contribution in [0.2, 0.25) is 0 Å². The lowest BCUT2D eigenvalue weighted by Gasteiger charge is -2.25. The fourth-order valence-electron chi connectivity index (χ4n) is 3.46. The molecule has 0 amide bonds. The van der Waals surface area contributed by atoms with Crippen molar-refractivity contribution in [1.29, 1.82) is 5.26 Å². The van der Waals surface area contributed by atoms with Crippen molar-refractivity contribution in [1.82, 2.24) is 10.2 Å². The number of nitriles is 1. The van der Waals surface area contributed by atoms with Gasteiger partial charge in [-0.05, 0) is 30.7 Å². The van der Waals surface area contributed by atoms with Crippen LogP contribution in [0.15, 0.2) is 12.3 Å². The molecule has 0 aromatic carbocycles. The molecule has 6 nitrogen and oxygen atoms in total. The number of anilines is 1. The Hall–Kier alpha value is -2.16. The first-order valence-corrected chi connectivity index (χ1v) is 6.43. The largest absolute Gasteiger partial charge is 0.480 e. The molecule has 98 valence electrons. The van der Waals surface area contributed by atoms with Gasteiger partial charge in [0.15, 0.2) is 5.82 Å². The van der Waals surface area contributed by atoms with Crippen molar-refractivity contribution in [3.8, 4) is 6.07 Å². The zero-order valence-electron chi connectivity index (χ0n) is 10.4. The Morgan fingerprint density at radius 2 is 2.37 bits per heavy atom. The van der Waals surface area contributed by atoms with Gasteiger partial charge in [0.1, 0.15) is 12.1 Å². The summed E-state index contributed by atoms with van der Waals surface area (Å²) < 4.78 is 0. The van der Waals surface area contributed by atoms with Gasteiger partial charge in [0, 0.05) is 6.54 Å². The molecule has 1 aromatic heterocycles. The van der Waals surface area contributed by atoms with Crippen LogP contribution in [-0.4, -0.2) is 33.9 Å². The van der Waals surface area contributed by atoms with Crippen molar-refractivity contribution in [2.75, 3.05) is 11.4 Å². The highest BCUT2D eigenvalue weighted by molar-refractivity contribution is 5.80. The summed E-state index contributed by atoms with van der Waals surface area (Å²) in [6.07, 6.45) is 4.56. The summed E-state index contributed by atoms with van der Waals surface area (Å²) in [5.74, 6) is 0.149. The molecular formula is C13H14N4O2. The van der Waals surface area contributed by atoms with E-state index in [2.05, 4.69) is 16.3 Å². The van der Waals surface area contributed by atoms with Gasteiger partial charge in [0.25, 0.3) is 0 Å². The highest BCUT2D eigenvalue weighted by Gasteiger charge is 2.48. The van der Waals surface area contributed by atoms with E-state index >= 15 is 0 Å². The Labute approximate surface area is 110 Å². The molecule has 0 radical (unpaired) electrons. The molecule has 2 aliphatic rings. The number of fused-ring (bicyclic) bond motifs is 1. The van der Waals surface area contributed by atoms with Crippen molar-refractivity contribution in [2.45, 2.75) is 25.3 Å². The maximum Gasteiger partial charge on any atom is 0.326 e. The normalized spacial score (nSPS) is 29.0. The lowest BCUT2D eigenvalue weighted by Crippen LogP contribution is -2.40. The molecule has 1 aliphatic carbocycles. The Balaban J connectivity index is 2.00. The molecule has 3 rings (SSSR count). The van der Waals surface area contributed by atoms with Gasteiger partial charge < -0.3 is 10.0 Å².